The summed E-state index contributed by atoms with van der Waals surface area (Å²) in [5, 5.41) is 0. The lowest BCUT2D eigenvalue weighted by molar-refractivity contribution is 0.418. The van der Waals surface area contributed by atoms with Crippen LogP contribution in [0, 0.1) is 0 Å². The molecule has 0 bridgehead atoms. The second-order valence-electron chi connectivity index (χ2n) is 3.36. The van der Waals surface area contributed by atoms with Gasteiger partial charge in [-0.25, -0.2) is 0 Å². The molecule has 0 aromatic heterocycles. The number of hydrogen-bond acceptors (Lipinski definition) is 1. The quantitative estimate of drug-likeness (QED) is 0.742. The molecule has 0 amide bonds. The number of rotatable bonds is 2. The summed E-state index contributed by atoms with van der Waals surface area (Å²) in [5.74, 6) is 0. The van der Waals surface area contributed by atoms with E-state index in [-0.39, 0.29) is 34.0 Å². The van der Waals surface area contributed by atoms with Crippen molar-refractivity contribution in [3.8, 4) is 0 Å². The Morgan fingerprint density at radius 1 is 0.923 bits per heavy atom. The maximum atomic E-state index is 2.36. The highest BCUT2D eigenvalue weighted by atomic mass is 79.9. The lowest BCUT2D eigenvalue weighted by Gasteiger charge is -2.01. The van der Waals surface area contributed by atoms with Crippen LogP contribution >= 0.6 is 34.0 Å². The van der Waals surface area contributed by atoms with Crippen LogP contribution in [0.4, 0.5) is 0 Å². The first-order valence-electron chi connectivity index (χ1n) is 4.99. The van der Waals surface area contributed by atoms with Gasteiger partial charge in [-0.15, -0.1) is 34.0 Å². The number of nitrogens with zero attached hydrogens (tertiary/aromatic N) is 1. The monoisotopic (exact) mass is 317 g/mol. The Morgan fingerprint density at radius 2 is 1.31 bits per heavy atom. The van der Waals surface area contributed by atoms with E-state index in [1.54, 1.807) is 0 Å². The van der Waals surface area contributed by atoms with Crippen molar-refractivity contribution in [2.24, 2.45) is 0 Å². The van der Waals surface area contributed by atoms with Gasteiger partial charge >= 0.3 is 0 Å². The van der Waals surface area contributed by atoms with E-state index in [9.17, 15) is 0 Å². The minimum atomic E-state index is 0. The van der Waals surface area contributed by atoms with Gasteiger partial charge < -0.3 is 4.90 Å². The molecule has 0 aliphatic carbocycles. The molecule has 0 radical (unpaired) electrons. The predicted molar refractivity (Wildman–Crippen MR) is 72.6 cm³/mol. The van der Waals surface area contributed by atoms with Crippen LogP contribution < -0.4 is 0 Å². The van der Waals surface area contributed by atoms with Gasteiger partial charge in [0.15, 0.2) is 0 Å². The van der Waals surface area contributed by atoms with Gasteiger partial charge in [-0.1, -0.05) is 33.1 Å². The van der Waals surface area contributed by atoms with Crippen LogP contribution in [0.1, 0.15) is 46.0 Å². The molecular formula is C10H25Br2N. The minimum Gasteiger partial charge on any atom is -0.306 e. The Morgan fingerprint density at radius 3 is 1.38 bits per heavy atom. The molecule has 0 N–H and O–H groups in total. The van der Waals surface area contributed by atoms with E-state index in [0.29, 0.717) is 0 Å². The van der Waals surface area contributed by atoms with E-state index in [2.05, 4.69) is 25.8 Å². The fourth-order valence-electron chi connectivity index (χ4n) is 1.23. The number of likely N-dealkylation sites (tertiary alicyclic amines) is 1. The van der Waals surface area contributed by atoms with Gasteiger partial charge in [0.1, 0.15) is 0 Å². The van der Waals surface area contributed by atoms with Crippen molar-refractivity contribution in [3.05, 3.63) is 0 Å². The van der Waals surface area contributed by atoms with E-state index in [1.807, 2.05) is 0 Å². The van der Waals surface area contributed by atoms with E-state index >= 15 is 0 Å². The molecule has 1 aliphatic rings. The molecule has 1 aliphatic heterocycles. The Bertz CT molecular complexity index is 71.3. The van der Waals surface area contributed by atoms with Crippen LogP contribution in [0.5, 0.6) is 0 Å². The van der Waals surface area contributed by atoms with Gasteiger partial charge in [-0.05, 0) is 33.0 Å². The summed E-state index contributed by atoms with van der Waals surface area (Å²) in [4.78, 5) is 2.36. The maximum Gasteiger partial charge on any atom is -0.00213 e. The van der Waals surface area contributed by atoms with Gasteiger partial charge in [-0.2, -0.15) is 0 Å². The summed E-state index contributed by atoms with van der Waals surface area (Å²) in [5.41, 5.74) is 0. The molecule has 1 nitrogen and oxygen atoms in total. The largest absolute Gasteiger partial charge is 0.306 e. The summed E-state index contributed by atoms with van der Waals surface area (Å²) < 4.78 is 0. The Labute approximate surface area is 105 Å². The summed E-state index contributed by atoms with van der Waals surface area (Å²) in [7, 11) is 2.17. The Kier molecular flexibility index (Phi) is 23.1. The summed E-state index contributed by atoms with van der Waals surface area (Å²) >= 11 is 0. The highest BCUT2D eigenvalue weighted by Gasteiger charge is 2.03. The predicted octanol–water partition coefficient (Wildman–Crippen LogP) is 4.06. The van der Waals surface area contributed by atoms with Crippen molar-refractivity contribution < 1.29 is 0 Å². The minimum absolute atomic E-state index is 0. The first-order valence-corrected chi connectivity index (χ1v) is 4.99. The molecular weight excluding hydrogens is 294 g/mol. The third-order valence-electron chi connectivity index (χ3n) is 2.04. The third-order valence-corrected chi connectivity index (χ3v) is 2.04. The van der Waals surface area contributed by atoms with Crippen molar-refractivity contribution >= 4 is 34.0 Å². The smallest absolute Gasteiger partial charge is 0.00213 e. The van der Waals surface area contributed by atoms with Gasteiger partial charge in [0.25, 0.3) is 0 Å². The first-order chi connectivity index (χ1) is 5.31. The molecule has 13 heavy (non-hydrogen) atoms. The van der Waals surface area contributed by atoms with Crippen molar-refractivity contribution in [2.45, 2.75) is 46.0 Å². The molecule has 0 spiro atoms. The van der Waals surface area contributed by atoms with E-state index in [0.717, 1.165) is 0 Å². The van der Waals surface area contributed by atoms with Crippen molar-refractivity contribution in [2.75, 3.05) is 20.1 Å². The third kappa shape index (κ3) is 15.7. The Hall–Kier alpha value is 0.920. The van der Waals surface area contributed by atoms with Crippen molar-refractivity contribution in [1.82, 2.24) is 4.90 Å². The van der Waals surface area contributed by atoms with Gasteiger partial charge in [-0.3, -0.25) is 0 Å². The number of unbranched alkanes of at least 4 members (excludes halogenated alkanes) is 2. The van der Waals surface area contributed by atoms with E-state index < -0.39 is 0 Å². The zero-order valence-electron chi connectivity index (χ0n) is 9.21. The van der Waals surface area contributed by atoms with Crippen molar-refractivity contribution in [3.63, 3.8) is 0 Å². The molecule has 1 fully saturated rings. The summed E-state index contributed by atoms with van der Waals surface area (Å²) in [6.45, 7) is 7.06. The van der Waals surface area contributed by atoms with E-state index in [1.165, 1.54) is 45.2 Å². The van der Waals surface area contributed by atoms with Crippen LogP contribution in [0.2, 0.25) is 0 Å². The first kappa shape index (κ1) is 19.5. The van der Waals surface area contributed by atoms with Crippen molar-refractivity contribution in [1.29, 1.82) is 0 Å². The Balaban J connectivity index is -0.000000136. The molecule has 1 heterocycles. The van der Waals surface area contributed by atoms with Gasteiger partial charge in [0.05, 0.1) is 0 Å². The molecule has 3 heteroatoms. The van der Waals surface area contributed by atoms with Crippen LogP contribution in [-0.2, 0) is 0 Å². The molecule has 1 saturated heterocycles. The van der Waals surface area contributed by atoms with Gasteiger partial charge in [0, 0.05) is 0 Å². The lowest BCUT2D eigenvalue weighted by atomic mass is 10.3. The van der Waals surface area contributed by atoms with Crippen LogP contribution in [0.3, 0.4) is 0 Å². The van der Waals surface area contributed by atoms with Crippen LogP contribution in [0.25, 0.3) is 0 Å². The highest BCUT2D eigenvalue weighted by Crippen LogP contribution is 2.02. The SMILES string of the molecule is Br.Br.CCCCC.CN1CCCC1. The molecule has 0 atom stereocenters. The zero-order valence-corrected chi connectivity index (χ0v) is 12.6. The summed E-state index contributed by atoms with van der Waals surface area (Å²) in [6.07, 6.45) is 6.90. The normalized spacial score (nSPS) is 15.0. The van der Waals surface area contributed by atoms with Crippen LogP contribution in [-0.4, -0.2) is 25.0 Å². The average molecular weight is 319 g/mol. The number of hydrogen-bond donors (Lipinski definition) is 0. The molecule has 84 valence electrons. The second-order valence-corrected chi connectivity index (χ2v) is 3.36. The molecule has 0 aromatic rings. The van der Waals surface area contributed by atoms with Gasteiger partial charge in [0.2, 0.25) is 0 Å². The summed E-state index contributed by atoms with van der Waals surface area (Å²) in [6, 6.07) is 0. The maximum absolute atomic E-state index is 2.36. The standard InChI is InChI=1S/C5H11N.C5H12.2BrH/c1-6-4-2-3-5-6;1-3-5-4-2;;/h2-5H2,1H3;3-5H2,1-2H3;2*1H. The van der Waals surface area contributed by atoms with E-state index in [4.69, 9.17) is 0 Å². The second kappa shape index (κ2) is 15.4. The molecule has 0 aromatic carbocycles. The lowest BCUT2D eigenvalue weighted by Crippen LogP contribution is -2.10. The van der Waals surface area contributed by atoms with Crippen LogP contribution in [0.15, 0.2) is 0 Å². The molecule has 1 rings (SSSR count). The topological polar surface area (TPSA) is 3.24 Å². The average Bonchev–Trinajstić information content (AvgIpc) is 2.43. The number of halogens is 2. The molecule has 0 unspecified atom stereocenters. The fourth-order valence-corrected chi connectivity index (χ4v) is 1.23. The highest BCUT2D eigenvalue weighted by molar-refractivity contribution is 8.93. The zero-order chi connectivity index (χ0) is 8.53. The fraction of sp³-hybridized carbons (Fsp3) is 1.00. The molecule has 0 saturated carbocycles.